The van der Waals surface area contributed by atoms with Crippen LogP contribution < -0.4 is 33.7 Å². The SMILES string of the molecule is C.C.C.CC(C)(C)C(=O)SCCOP(=O)(OCCSC(=O)C(C)(C)C)OC[C@@]1(CN=[N+]=[N-])O[C@@H](n2ccc(=O)[nH]c2=O)[C@H](F)[C@@H]1O.C[C@H]1[C@@H](F)[C@H](n2ccc(=O)[nH]c2=O)O[C@@]1(CO)CN=[N+]=[N-].C[C@H]1[C@@H](F)[C@H](n2ccc(=O)[nH]c2=O)O[C@]1(CN=[N+]=[N-])COP(=O)(OCCSC(=O)C(C)(C)C)OCCSC(=O)C(C)(C)C. The van der Waals surface area contributed by atoms with Crippen molar-refractivity contribution in [3.63, 3.8) is 0 Å². The number of hydrogen-bond acceptors (Lipinski definition) is 30. The van der Waals surface area contributed by atoms with E-state index in [4.69, 9.17) is 57.9 Å². The molecule has 3 saturated heterocycles. The number of aromatic nitrogens is 6. The van der Waals surface area contributed by atoms with E-state index in [0.29, 0.717) is 4.57 Å². The number of aliphatic hydroxyl groups excluding tert-OH is 2. The monoisotopic (exact) mass is 1680 g/mol. The van der Waals surface area contributed by atoms with Crippen molar-refractivity contribution in [2.75, 3.05) is 88.9 Å². The maximum absolute atomic E-state index is 15.6. The molecule has 3 fully saturated rings. The fraction of sp³-hybridized carbons (Fsp3) is 0.746. The highest BCUT2D eigenvalue weighted by molar-refractivity contribution is 8.14. The average molecular weight is 1680 g/mol. The summed E-state index contributed by atoms with van der Waals surface area (Å²) in [5.74, 6) is -1.45. The number of alkyl halides is 3. The van der Waals surface area contributed by atoms with Crippen molar-refractivity contribution < 1.29 is 93.0 Å². The highest BCUT2D eigenvalue weighted by Gasteiger charge is 2.59. The van der Waals surface area contributed by atoms with E-state index >= 15 is 8.78 Å². The van der Waals surface area contributed by atoms with E-state index in [0.717, 1.165) is 93.0 Å². The van der Waals surface area contributed by atoms with Crippen molar-refractivity contribution in [2.24, 2.45) is 48.8 Å². The van der Waals surface area contributed by atoms with Gasteiger partial charge in [0.15, 0.2) is 57.7 Å². The zero-order valence-corrected chi connectivity index (χ0v) is 66.1. The van der Waals surface area contributed by atoms with Crippen LogP contribution in [0.5, 0.6) is 0 Å². The van der Waals surface area contributed by atoms with Crippen LogP contribution in [0.15, 0.2) is 80.9 Å². The predicted molar refractivity (Wildman–Crippen MR) is 409 cm³/mol. The third-order valence-corrected chi connectivity index (χ3v) is 23.7. The summed E-state index contributed by atoms with van der Waals surface area (Å²) >= 11 is 3.85. The first-order chi connectivity index (χ1) is 49.6. The van der Waals surface area contributed by atoms with Crippen LogP contribution >= 0.6 is 62.7 Å². The van der Waals surface area contributed by atoms with Crippen LogP contribution in [-0.4, -0.2) is 190 Å². The minimum atomic E-state index is -4.52. The molecule has 0 bridgehead atoms. The lowest BCUT2D eigenvalue weighted by Crippen LogP contribution is -2.48. The molecule has 3 aromatic rings. The second-order valence-corrected chi connectivity index (χ2v) is 35.9. The van der Waals surface area contributed by atoms with Crippen LogP contribution in [0.3, 0.4) is 0 Å². The van der Waals surface area contributed by atoms with E-state index in [1.54, 1.807) is 83.1 Å². The Kier molecular flexibility index (Phi) is 40.7. The molecule has 0 aliphatic carbocycles. The van der Waals surface area contributed by atoms with E-state index in [-0.39, 0.29) is 98.7 Å². The molecule has 6 heterocycles. The number of carbonyl (C=O) groups is 4. The number of rotatable bonds is 32. The molecule has 5 N–H and O–H groups in total. The second kappa shape index (κ2) is 43.9. The molecular weight excluding hydrogens is 1580 g/mol. The molecule has 12 atom stereocenters. The minimum Gasteiger partial charge on any atom is -0.393 e. The number of azide groups is 3. The standard InChI is InChI=1S/C25H39FN5O9PS2.C24H37FN5O10PS2.C11H14FN5O4.3CH4/c1-16-18(26)19(31-9-8-17(32)29-22(31)35)40-25(16,14-28-30-27)15-39-41(36,37-10-12-42-20(33)23(2,3)4)38-11-13-43-21(34)24(5,6)7;1-22(2,3)19(33)42-11-9-37-41(36,38-10-12-43-20(34)23(4,5)6)39-14-24(13-27-29-26)17(32)16(25)18(40-24)30-8-7-15(31)28-21(30)35;1-6-8(12)9(17-3-2-7(19)15-10(17)20)21-11(6,5-18)4-14-16-13;;;/h8-9,16,18-19H,10-15H2,1-7H3,(H,29,32,35);7-8,16-18,32H,9-14H2,1-6H3,(H,28,31,35);2-3,6,8-9,18H,4-5H2,1H3,(H,15,19,20);3*1H4/t16-,18+,19+,25+;16-,17+,18-,24-;6-,8+,9+,11+;;;/m010.../s1. The third kappa shape index (κ3) is 28.7. The molecule has 0 spiro atoms. The van der Waals surface area contributed by atoms with E-state index < -0.39 is 176 Å². The van der Waals surface area contributed by atoms with Gasteiger partial charge in [0.2, 0.25) is 0 Å². The van der Waals surface area contributed by atoms with Crippen molar-refractivity contribution in [2.45, 2.75) is 179 Å². The van der Waals surface area contributed by atoms with Crippen LogP contribution in [0.1, 0.15) is 138 Å². The number of hydrogen-bond donors (Lipinski definition) is 5. The van der Waals surface area contributed by atoms with E-state index in [1.165, 1.54) is 13.8 Å². The number of carbonyl (C=O) groups excluding carboxylic acids is 4. The number of H-pyrrole nitrogens is 3. The van der Waals surface area contributed by atoms with Crippen molar-refractivity contribution in [1.29, 1.82) is 0 Å². The number of ether oxygens (including phenoxy) is 3. The molecule has 0 radical (unpaired) electrons. The van der Waals surface area contributed by atoms with Crippen LogP contribution in [0.25, 0.3) is 31.3 Å². The normalized spacial score (nSPS) is 23.9. The Balaban J connectivity index is 0.000000858. The summed E-state index contributed by atoms with van der Waals surface area (Å²) in [6.45, 7) is 19.4. The van der Waals surface area contributed by atoms with E-state index in [9.17, 15) is 71.7 Å². The van der Waals surface area contributed by atoms with Gasteiger partial charge in [-0.1, -0.05) is 182 Å². The van der Waals surface area contributed by atoms with Gasteiger partial charge in [0, 0.05) is 108 Å². The van der Waals surface area contributed by atoms with Crippen molar-refractivity contribution in [3.05, 3.63) is 131 Å². The van der Waals surface area contributed by atoms with Crippen molar-refractivity contribution >= 4 is 83.2 Å². The number of aromatic amines is 3. The number of nitrogens with one attached hydrogen (secondary N) is 3. The van der Waals surface area contributed by atoms with Crippen molar-refractivity contribution in [3.8, 4) is 0 Å². The Hall–Kier alpha value is -6.14. The number of halogens is 3. The number of nitrogens with zero attached hydrogens (tertiary/aromatic N) is 12. The highest BCUT2D eigenvalue weighted by Crippen LogP contribution is 2.54. The largest absolute Gasteiger partial charge is 0.474 e. The first kappa shape index (κ1) is 102. The van der Waals surface area contributed by atoms with Gasteiger partial charge in [0.05, 0.1) is 65.9 Å². The molecule has 0 amide bonds. The lowest BCUT2D eigenvalue weighted by molar-refractivity contribution is -0.122. The first-order valence-corrected chi connectivity index (χ1v) is 39.5. The summed E-state index contributed by atoms with van der Waals surface area (Å²) in [5.41, 5.74) is 13.7. The summed E-state index contributed by atoms with van der Waals surface area (Å²) in [4.78, 5) is 133. The summed E-state index contributed by atoms with van der Waals surface area (Å²) in [7, 11) is -8.92. The van der Waals surface area contributed by atoms with Gasteiger partial charge in [-0.05, 0) is 16.6 Å². The maximum Gasteiger partial charge on any atom is 0.474 e. The topological polar surface area (TPSA) is 537 Å². The molecule has 47 heteroatoms. The fourth-order valence-corrected chi connectivity index (χ4v) is 15.5. The average Bonchev–Trinajstić information content (AvgIpc) is 1.62. The maximum atomic E-state index is 15.6. The lowest BCUT2D eigenvalue weighted by atomic mass is 9.88. The Morgan fingerprint density at radius 1 is 0.491 bits per heavy atom. The summed E-state index contributed by atoms with van der Waals surface area (Å²) in [5, 5.41) is 30.0. The molecule has 3 aliphatic heterocycles. The molecule has 0 saturated carbocycles. The lowest BCUT2D eigenvalue weighted by Gasteiger charge is -2.32. The molecule has 38 nitrogen and oxygen atoms in total. The van der Waals surface area contributed by atoms with Gasteiger partial charge in [-0.2, -0.15) is 0 Å². The Morgan fingerprint density at radius 3 is 1.03 bits per heavy atom. The molecule has 110 heavy (non-hydrogen) atoms. The molecular formula is C63H102F3N15O23P2S4. The van der Waals surface area contributed by atoms with Gasteiger partial charge in [0.1, 0.15) is 22.9 Å². The Morgan fingerprint density at radius 2 is 0.745 bits per heavy atom. The van der Waals surface area contributed by atoms with Gasteiger partial charge in [0.25, 0.3) is 16.7 Å². The number of phosphoric acid groups is 2. The third-order valence-electron chi connectivity index (χ3n) is 15.8. The van der Waals surface area contributed by atoms with Gasteiger partial charge in [-0.15, -0.1) is 0 Å². The second-order valence-electron chi connectivity index (χ2n) is 28.3. The van der Waals surface area contributed by atoms with Gasteiger partial charge in [-0.25, -0.2) is 36.7 Å². The summed E-state index contributed by atoms with van der Waals surface area (Å²) in [6, 6.07) is 3.02. The molecule has 6 rings (SSSR count). The van der Waals surface area contributed by atoms with Crippen LogP contribution in [-0.2, 0) is 69.7 Å². The Labute approximate surface area is 649 Å². The number of thioether (sulfide) groups is 4. The number of phosphoric ester groups is 2. The van der Waals surface area contributed by atoms with E-state index in [1.807, 2.05) is 15.0 Å². The molecule has 622 valence electrons. The van der Waals surface area contributed by atoms with Gasteiger partial charge in [-0.3, -0.25) is 89.4 Å². The fourth-order valence-electron chi connectivity index (χ4n) is 9.39. The van der Waals surface area contributed by atoms with Crippen molar-refractivity contribution in [1.82, 2.24) is 28.7 Å². The zero-order chi connectivity index (χ0) is 80.9. The zero-order valence-electron chi connectivity index (χ0n) is 61.1. The Bertz CT molecular complexity index is 3930. The molecule has 0 aromatic carbocycles. The predicted octanol–water partition coefficient (Wildman–Crippen LogP) is 10.4. The molecule has 0 unspecified atom stereocenters. The van der Waals surface area contributed by atoms with E-state index in [2.05, 4.69) is 30.1 Å². The van der Waals surface area contributed by atoms with Crippen LogP contribution in [0, 0.1) is 33.5 Å². The molecule has 3 aromatic heterocycles. The van der Waals surface area contributed by atoms with Crippen LogP contribution in [0.4, 0.5) is 13.2 Å². The van der Waals surface area contributed by atoms with Crippen LogP contribution in [0.2, 0.25) is 0 Å². The first-order valence-electron chi connectivity index (χ1n) is 32.6. The van der Waals surface area contributed by atoms with Gasteiger partial charge >= 0.3 is 32.7 Å². The smallest absolute Gasteiger partial charge is 0.393 e. The summed E-state index contributed by atoms with van der Waals surface area (Å²) < 4.78 is 125. The number of aliphatic hydroxyl groups is 2. The highest BCUT2D eigenvalue weighted by atomic mass is 32.2. The minimum absolute atomic E-state index is 0. The molecule has 3 aliphatic rings. The van der Waals surface area contributed by atoms with Gasteiger partial charge < -0.3 is 24.4 Å². The quantitative estimate of drug-likeness (QED) is 0.0127. The summed E-state index contributed by atoms with van der Waals surface area (Å²) in [6.07, 6.45) is -9.26.